The van der Waals surface area contributed by atoms with E-state index in [-0.39, 0.29) is 11.3 Å². The Labute approximate surface area is 203 Å². The number of ether oxygens (including phenoxy) is 2. The zero-order valence-corrected chi connectivity index (χ0v) is 19.8. The van der Waals surface area contributed by atoms with Crippen molar-refractivity contribution >= 4 is 34.7 Å². The first kappa shape index (κ1) is 23.4. The van der Waals surface area contributed by atoms with Crippen LogP contribution in [0.4, 0.5) is 5.69 Å². The van der Waals surface area contributed by atoms with Gasteiger partial charge in [-0.25, -0.2) is 0 Å². The summed E-state index contributed by atoms with van der Waals surface area (Å²) in [5.41, 5.74) is 2.49. The Kier molecular flexibility index (Phi) is 6.61. The molecule has 1 aliphatic heterocycles. The molecule has 0 aromatic heterocycles. The number of methoxy groups -OCH3 is 1. The molecule has 1 amide bonds. The van der Waals surface area contributed by atoms with Gasteiger partial charge in [-0.2, -0.15) is 0 Å². The number of hydrogen-bond donors (Lipinski definition) is 1. The number of aliphatic hydroxyl groups is 1. The van der Waals surface area contributed by atoms with E-state index < -0.39 is 17.7 Å². The van der Waals surface area contributed by atoms with Crippen LogP contribution in [0.1, 0.15) is 29.7 Å². The van der Waals surface area contributed by atoms with E-state index >= 15 is 0 Å². The number of anilines is 1. The van der Waals surface area contributed by atoms with Crippen molar-refractivity contribution in [2.75, 3.05) is 18.6 Å². The van der Waals surface area contributed by atoms with Gasteiger partial charge >= 0.3 is 0 Å². The van der Waals surface area contributed by atoms with E-state index in [4.69, 9.17) is 21.1 Å². The Morgan fingerprint density at radius 3 is 2.47 bits per heavy atom. The van der Waals surface area contributed by atoms with Crippen LogP contribution in [0.25, 0.3) is 5.76 Å². The van der Waals surface area contributed by atoms with Gasteiger partial charge in [-0.15, -0.1) is 0 Å². The fourth-order valence-corrected chi connectivity index (χ4v) is 4.18. The Bertz CT molecular complexity index is 1280. The first-order valence-electron chi connectivity index (χ1n) is 10.8. The third-order valence-electron chi connectivity index (χ3n) is 5.67. The second kappa shape index (κ2) is 9.61. The fraction of sp³-hybridized carbons (Fsp3) is 0.185. The summed E-state index contributed by atoms with van der Waals surface area (Å²) < 4.78 is 10.9. The first-order valence-corrected chi connectivity index (χ1v) is 11.2. The number of nitrogens with zero attached hydrogens (tertiary/aromatic N) is 1. The van der Waals surface area contributed by atoms with Gasteiger partial charge in [0.2, 0.25) is 0 Å². The molecule has 3 aromatic carbocycles. The lowest BCUT2D eigenvalue weighted by Crippen LogP contribution is -2.29. The maximum atomic E-state index is 13.3. The normalized spacial score (nSPS) is 17.2. The number of aliphatic hydroxyl groups excluding tert-OH is 1. The van der Waals surface area contributed by atoms with Gasteiger partial charge in [-0.1, -0.05) is 41.4 Å². The lowest BCUT2D eigenvalue weighted by Gasteiger charge is -2.26. The number of aryl methyl sites for hydroxylation is 1. The Morgan fingerprint density at radius 1 is 1.06 bits per heavy atom. The summed E-state index contributed by atoms with van der Waals surface area (Å²) >= 11 is 6.20. The second-order valence-electron chi connectivity index (χ2n) is 7.86. The molecule has 1 aliphatic rings. The number of rotatable bonds is 6. The lowest BCUT2D eigenvalue weighted by molar-refractivity contribution is -0.132. The summed E-state index contributed by atoms with van der Waals surface area (Å²) in [5.74, 6) is -0.870. The zero-order chi connectivity index (χ0) is 24.4. The van der Waals surface area contributed by atoms with Crippen molar-refractivity contribution in [3.63, 3.8) is 0 Å². The van der Waals surface area contributed by atoms with Crippen LogP contribution < -0.4 is 14.4 Å². The molecule has 0 bridgehead atoms. The maximum Gasteiger partial charge on any atom is 0.300 e. The molecule has 0 saturated carbocycles. The van der Waals surface area contributed by atoms with E-state index in [0.29, 0.717) is 39.9 Å². The van der Waals surface area contributed by atoms with E-state index in [2.05, 4.69) is 0 Å². The Morgan fingerprint density at radius 2 is 1.79 bits per heavy atom. The highest BCUT2D eigenvalue weighted by atomic mass is 35.5. The van der Waals surface area contributed by atoms with Crippen LogP contribution in [0, 0.1) is 6.92 Å². The molecule has 4 rings (SSSR count). The molecular formula is C27H24ClNO5. The Hall–Kier alpha value is -3.77. The number of ketones is 1. The SMILES string of the molecule is CCOc1cc(/C(O)=C2/C(=O)C(=O)N(c3ccc(C)cc3)C2c2cccc(OC)c2)ccc1Cl. The summed E-state index contributed by atoms with van der Waals surface area (Å²) in [4.78, 5) is 27.9. The number of amides is 1. The van der Waals surface area contributed by atoms with Crippen molar-refractivity contribution in [2.45, 2.75) is 19.9 Å². The second-order valence-corrected chi connectivity index (χ2v) is 8.27. The highest BCUT2D eigenvalue weighted by molar-refractivity contribution is 6.51. The van der Waals surface area contributed by atoms with Crippen molar-refractivity contribution in [3.05, 3.63) is 94.0 Å². The number of carbonyl (C=O) groups is 2. The summed E-state index contributed by atoms with van der Waals surface area (Å²) in [6.45, 7) is 4.14. The predicted octanol–water partition coefficient (Wildman–Crippen LogP) is 5.68. The molecule has 3 aromatic rings. The molecule has 0 aliphatic carbocycles. The van der Waals surface area contributed by atoms with Crippen LogP contribution in [-0.4, -0.2) is 30.5 Å². The monoisotopic (exact) mass is 477 g/mol. The summed E-state index contributed by atoms with van der Waals surface area (Å²) in [5, 5.41) is 11.7. The number of halogens is 1. The Balaban J connectivity index is 1.94. The molecule has 6 nitrogen and oxygen atoms in total. The minimum Gasteiger partial charge on any atom is -0.507 e. The molecule has 7 heteroatoms. The highest BCUT2D eigenvalue weighted by Crippen LogP contribution is 2.43. The molecule has 1 N–H and O–H groups in total. The summed E-state index contributed by atoms with van der Waals surface area (Å²) in [6, 6.07) is 18.3. The predicted molar refractivity (Wildman–Crippen MR) is 132 cm³/mol. The summed E-state index contributed by atoms with van der Waals surface area (Å²) in [6.07, 6.45) is 0. The fourth-order valence-electron chi connectivity index (χ4n) is 4.00. The quantitative estimate of drug-likeness (QED) is 0.281. The van der Waals surface area contributed by atoms with E-state index in [1.807, 2.05) is 26.0 Å². The molecular weight excluding hydrogens is 454 g/mol. The molecule has 1 atom stereocenters. The van der Waals surface area contributed by atoms with Crippen molar-refractivity contribution in [2.24, 2.45) is 0 Å². The molecule has 1 heterocycles. The van der Waals surface area contributed by atoms with Gasteiger partial charge in [0.25, 0.3) is 11.7 Å². The van der Waals surface area contributed by atoms with Gasteiger partial charge < -0.3 is 14.6 Å². The van der Waals surface area contributed by atoms with Crippen molar-refractivity contribution < 1.29 is 24.2 Å². The molecule has 0 radical (unpaired) electrons. The van der Waals surface area contributed by atoms with E-state index in [1.165, 1.54) is 4.90 Å². The van der Waals surface area contributed by atoms with Gasteiger partial charge in [0, 0.05) is 11.3 Å². The van der Waals surface area contributed by atoms with Gasteiger partial charge in [0.15, 0.2) is 0 Å². The summed E-state index contributed by atoms with van der Waals surface area (Å²) in [7, 11) is 1.54. The molecule has 1 saturated heterocycles. The van der Waals surface area contributed by atoms with Crippen molar-refractivity contribution in [1.29, 1.82) is 0 Å². The van der Waals surface area contributed by atoms with Crippen LogP contribution in [0.3, 0.4) is 0 Å². The lowest BCUT2D eigenvalue weighted by atomic mass is 9.95. The first-order chi connectivity index (χ1) is 16.3. The van der Waals surface area contributed by atoms with Crippen LogP contribution in [0.2, 0.25) is 5.02 Å². The highest BCUT2D eigenvalue weighted by Gasteiger charge is 2.47. The van der Waals surface area contributed by atoms with Gasteiger partial charge in [0.1, 0.15) is 17.3 Å². The van der Waals surface area contributed by atoms with Crippen molar-refractivity contribution in [1.82, 2.24) is 0 Å². The molecule has 174 valence electrons. The minimum atomic E-state index is -0.857. The van der Waals surface area contributed by atoms with Gasteiger partial charge in [-0.3, -0.25) is 14.5 Å². The average molecular weight is 478 g/mol. The smallest absolute Gasteiger partial charge is 0.300 e. The molecule has 0 spiro atoms. The van der Waals surface area contributed by atoms with Crippen LogP contribution >= 0.6 is 11.6 Å². The number of Topliss-reactive ketones (excluding diaryl/α,β-unsaturated/α-hetero) is 1. The van der Waals surface area contributed by atoms with Crippen LogP contribution in [-0.2, 0) is 9.59 Å². The molecule has 1 fully saturated rings. The van der Waals surface area contributed by atoms with Crippen molar-refractivity contribution in [3.8, 4) is 11.5 Å². The third-order valence-corrected chi connectivity index (χ3v) is 5.98. The third kappa shape index (κ3) is 4.24. The van der Waals surface area contributed by atoms with Gasteiger partial charge in [-0.05, 0) is 61.9 Å². The largest absolute Gasteiger partial charge is 0.507 e. The molecule has 34 heavy (non-hydrogen) atoms. The maximum absolute atomic E-state index is 13.3. The van der Waals surface area contributed by atoms with E-state index in [1.54, 1.807) is 61.7 Å². The minimum absolute atomic E-state index is 0.0244. The van der Waals surface area contributed by atoms with E-state index in [0.717, 1.165) is 5.56 Å². The number of carbonyl (C=O) groups excluding carboxylic acids is 2. The topological polar surface area (TPSA) is 76.1 Å². The number of benzene rings is 3. The van der Waals surface area contributed by atoms with Crippen LogP contribution in [0.5, 0.6) is 11.5 Å². The molecule has 1 unspecified atom stereocenters. The number of hydrogen-bond acceptors (Lipinski definition) is 5. The van der Waals surface area contributed by atoms with Gasteiger partial charge in [0.05, 0.1) is 30.4 Å². The zero-order valence-electron chi connectivity index (χ0n) is 19.0. The van der Waals surface area contributed by atoms with E-state index in [9.17, 15) is 14.7 Å². The van der Waals surface area contributed by atoms with Crippen LogP contribution in [0.15, 0.2) is 72.3 Å². The average Bonchev–Trinajstić information content (AvgIpc) is 3.11. The standard InChI is InChI=1S/C27H24ClNO5/c1-4-34-22-15-18(10-13-21(22)28)25(30)23-24(17-6-5-7-20(14-17)33-3)29(27(32)26(23)31)19-11-8-16(2)9-12-19/h5-15,24,30H,4H2,1-3H3/b25-23-.